The van der Waals surface area contributed by atoms with Gasteiger partial charge in [0.1, 0.15) is 0 Å². The van der Waals surface area contributed by atoms with Crippen LogP contribution in [-0.2, 0) is 17.8 Å². The highest BCUT2D eigenvalue weighted by atomic mass is 35.5. The highest BCUT2D eigenvalue weighted by Crippen LogP contribution is 2.38. The lowest BCUT2D eigenvalue weighted by atomic mass is 9.96. The molecule has 1 fully saturated rings. The second kappa shape index (κ2) is 7.48. The van der Waals surface area contributed by atoms with Gasteiger partial charge in [-0.15, -0.1) is 12.4 Å². The van der Waals surface area contributed by atoms with Crippen LogP contribution in [0.1, 0.15) is 25.6 Å². The number of hydrogen-bond acceptors (Lipinski definition) is 5. The minimum absolute atomic E-state index is 0. The zero-order chi connectivity index (χ0) is 16.5. The molecule has 0 spiro atoms. The van der Waals surface area contributed by atoms with Gasteiger partial charge in [0.15, 0.2) is 5.82 Å². The van der Waals surface area contributed by atoms with Crippen LogP contribution in [0.5, 0.6) is 0 Å². The Labute approximate surface area is 137 Å². The SMILES string of the molecule is CC(C)Cc1noc(CN2C[C@@H](C(F)(F)F)[C@H](C(=O)O)C2)n1.Cl. The molecule has 1 aliphatic heterocycles. The smallest absolute Gasteiger partial charge is 0.393 e. The third-order valence-electron chi connectivity index (χ3n) is 3.59. The number of aromatic nitrogens is 2. The van der Waals surface area contributed by atoms with Crippen LogP contribution in [0.4, 0.5) is 13.2 Å². The van der Waals surface area contributed by atoms with Crippen molar-refractivity contribution in [3.8, 4) is 0 Å². The normalized spacial score (nSPS) is 22.3. The molecule has 23 heavy (non-hydrogen) atoms. The lowest BCUT2D eigenvalue weighted by Crippen LogP contribution is -2.33. The number of halogens is 4. The van der Waals surface area contributed by atoms with Crippen LogP contribution in [0.2, 0.25) is 0 Å². The van der Waals surface area contributed by atoms with E-state index in [1.807, 2.05) is 13.8 Å². The topological polar surface area (TPSA) is 79.5 Å². The largest absolute Gasteiger partial charge is 0.481 e. The van der Waals surface area contributed by atoms with Crippen LogP contribution in [0.25, 0.3) is 0 Å². The average molecular weight is 358 g/mol. The Bertz CT molecular complexity index is 536. The number of rotatable bonds is 5. The molecule has 0 aliphatic carbocycles. The standard InChI is InChI=1S/C13H18F3N3O3.ClH/c1-7(2)3-10-17-11(22-18-10)6-19-4-8(12(20)21)9(5-19)13(14,15)16;/h7-9H,3-6H2,1-2H3,(H,20,21);1H/t8-,9-;/m1./s1. The minimum Gasteiger partial charge on any atom is -0.481 e. The van der Waals surface area contributed by atoms with Crippen molar-refractivity contribution in [2.45, 2.75) is 33.0 Å². The van der Waals surface area contributed by atoms with Crippen LogP contribution in [0.15, 0.2) is 4.52 Å². The molecule has 0 saturated carbocycles. The lowest BCUT2D eigenvalue weighted by molar-refractivity contribution is -0.188. The molecule has 2 heterocycles. The van der Waals surface area contributed by atoms with E-state index < -0.39 is 24.0 Å². The summed E-state index contributed by atoms with van der Waals surface area (Å²) < 4.78 is 43.7. The van der Waals surface area contributed by atoms with Crippen LogP contribution in [0.3, 0.4) is 0 Å². The fourth-order valence-electron chi connectivity index (χ4n) is 2.59. The van der Waals surface area contributed by atoms with Crippen LogP contribution < -0.4 is 0 Å². The molecule has 6 nitrogen and oxygen atoms in total. The Morgan fingerprint density at radius 1 is 1.43 bits per heavy atom. The van der Waals surface area contributed by atoms with Crippen molar-refractivity contribution >= 4 is 18.4 Å². The van der Waals surface area contributed by atoms with Gasteiger partial charge in [0.2, 0.25) is 5.89 Å². The number of likely N-dealkylation sites (tertiary alicyclic amines) is 1. The van der Waals surface area contributed by atoms with E-state index in [0.29, 0.717) is 18.2 Å². The molecule has 0 amide bonds. The van der Waals surface area contributed by atoms with E-state index in [0.717, 1.165) is 0 Å². The van der Waals surface area contributed by atoms with Gasteiger partial charge in [-0.25, -0.2) is 0 Å². The first-order chi connectivity index (χ1) is 10.2. The van der Waals surface area contributed by atoms with E-state index in [2.05, 4.69) is 10.1 Å². The van der Waals surface area contributed by atoms with Gasteiger partial charge in [0.05, 0.1) is 18.4 Å². The number of hydrogen-bond donors (Lipinski definition) is 1. The lowest BCUT2D eigenvalue weighted by Gasteiger charge is -2.17. The zero-order valence-electron chi connectivity index (χ0n) is 12.7. The number of carbonyl (C=O) groups is 1. The molecule has 2 rings (SSSR count). The van der Waals surface area contributed by atoms with Crippen LogP contribution >= 0.6 is 12.4 Å². The van der Waals surface area contributed by atoms with Gasteiger partial charge in [-0.2, -0.15) is 18.2 Å². The van der Waals surface area contributed by atoms with Crippen molar-refractivity contribution in [3.63, 3.8) is 0 Å². The highest BCUT2D eigenvalue weighted by Gasteiger charge is 2.52. The summed E-state index contributed by atoms with van der Waals surface area (Å²) in [7, 11) is 0. The number of carboxylic acid groups (broad SMARTS) is 1. The van der Waals surface area contributed by atoms with E-state index in [1.165, 1.54) is 4.90 Å². The fourth-order valence-corrected chi connectivity index (χ4v) is 2.59. The van der Waals surface area contributed by atoms with Crippen LogP contribution in [0, 0.1) is 17.8 Å². The van der Waals surface area contributed by atoms with Gasteiger partial charge >= 0.3 is 12.1 Å². The molecular weight excluding hydrogens is 339 g/mol. The molecular formula is C13H19ClF3N3O3. The maximum atomic E-state index is 12.9. The molecule has 1 N–H and O–H groups in total. The molecule has 0 aromatic carbocycles. The van der Waals surface area contributed by atoms with Crippen molar-refractivity contribution < 1.29 is 27.6 Å². The Balaban J connectivity index is 0.00000264. The molecule has 1 aromatic heterocycles. The minimum atomic E-state index is -4.53. The summed E-state index contributed by atoms with van der Waals surface area (Å²) in [5.41, 5.74) is 0. The van der Waals surface area contributed by atoms with Crippen molar-refractivity contribution in [1.29, 1.82) is 0 Å². The summed E-state index contributed by atoms with van der Waals surface area (Å²) in [5, 5.41) is 12.7. The summed E-state index contributed by atoms with van der Waals surface area (Å²) in [5.74, 6) is -3.71. The maximum absolute atomic E-state index is 12.9. The summed E-state index contributed by atoms with van der Waals surface area (Å²) in [6.07, 6.45) is -3.91. The molecule has 2 atom stereocenters. The summed E-state index contributed by atoms with van der Waals surface area (Å²) in [6, 6.07) is 0. The first-order valence-corrected chi connectivity index (χ1v) is 7.00. The number of alkyl halides is 3. The Morgan fingerprint density at radius 2 is 2.09 bits per heavy atom. The Morgan fingerprint density at radius 3 is 2.57 bits per heavy atom. The summed E-state index contributed by atoms with van der Waals surface area (Å²) >= 11 is 0. The monoisotopic (exact) mass is 357 g/mol. The van der Waals surface area contributed by atoms with Crippen molar-refractivity contribution in [2.75, 3.05) is 13.1 Å². The molecule has 1 aliphatic rings. The average Bonchev–Trinajstić information content (AvgIpc) is 2.95. The van der Waals surface area contributed by atoms with Gasteiger partial charge in [-0.1, -0.05) is 19.0 Å². The van der Waals surface area contributed by atoms with Gasteiger partial charge in [-0.05, 0) is 5.92 Å². The Kier molecular flexibility index (Phi) is 6.41. The summed E-state index contributed by atoms with van der Waals surface area (Å²) in [4.78, 5) is 16.5. The predicted octanol–water partition coefficient (Wildman–Crippen LogP) is 2.38. The predicted molar refractivity (Wildman–Crippen MR) is 76.0 cm³/mol. The third kappa shape index (κ3) is 5.07. The number of aliphatic carboxylic acids is 1. The Hall–Kier alpha value is -1.35. The van der Waals surface area contributed by atoms with E-state index in [1.54, 1.807) is 0 Å². The second-order valence-corrected chi connectivity index (χ2v) is 5.99. The van der Waals surface area contributed by atoms with Gasteiger partial charge in [0.25, 0.3) is 0 Å². The van der Waals surface area contributed by atoms with Gasteiger partial charge in [-0.3, -0.25) is 9.69 Å². The first-order valence-electron chi connectivity index (χ1n) is 7.00. The molecule has 10 heteroatoms. The quantitative estimate of drug-likeness (QED) is 0.871. The van der Waals surface area contributed by atoms with Gasteiger partial charge in [0, 0.05) is 19.5 Å². The molecule has 1 aromatic rings. The first kappa shape index (κ1) is 19.7. The number of carboxylic acids is 1. The van der Waals surface area contributed by atoms with E-state index in [9.17, 15) is 18.0 Å². The molecule has 0 unspecified atom stereocenters. The van der Waals surface area contributed by atoms with Crippen LogP contribution in [-0.4, -0.2) is 45.4 Å². The van der Waals surface area contributed by atoms with Crippen molar-refractivity contribution in [1.82, 2.24) is 15.0 Å². The van der Waals surface area contributed by atoms with E-state index in [4.69, 9.17) is 9.63 Å². The van der Waals surface area contributed by atoms with Gasteiger partial charge < -0.3 is 9.63 Å². The fraction of sp³-hybridized carbons (Fsp3) is 0.769. The van der Waals surface area contributed by atoms with Crippen molar-refractivity contribution in [2.24, 2.45) is 17.8 Å². The van der Waals surface area contributed by atoms with Crippen molar-refractivity contribution in [3.05, 3.63) is 11.7 Å². The molecule has 0 bridgehead atoms. The molecule has 132 valence electrons. The summed E-state index contributed by atoms with van der Waals surface area (Å²) in [6.45, 7) is 3.45. The third-order valence-corrected chi connectivity index (χ3v) is 3.59. The van der Waals surface area contributed by atoms with E-state index >= 15 is 0 Å². The molecule has 1 saturated heterocycles. The second-order valence-electron chi connectivity index (χ2n) is 5.99. The number of nitrogens with zero attached hydrogens (tertiary/aromatic N) is 3. The highest BCUT2D eigenvalue weighted by molar-refractivity contribution is 5.85. The van der Waals surface area contributed by atoms with E-state index in [-0.39, 0.29) is 37.9 Å². The maximum Gasteiger partial charge on any atom is 0.393 e. The molecule has 0 radical (unpaired) electrons. The zero-order valence-corrected chi connectivity index (χ0v) is 13.5.